The molecule has 134 valence electrons. The Balaban J connectivity index is 1.73. The van der Waals surface area contributed by atoms with Crippen LogP contribution in [0, 0.1) is 11.3 Å². The molecule has 2 rings (SSSR count). The van der Waals surface area contributed by atoms with Crippen LogP contribution in [0.2, 0.25) is 0 Å². The molecule has 23 heavy (non-hydrogen) atoms. The molecule has 1 saturated heterocycles. The Morgan fingerprint density at radius 2 is 1.87 bits per heavy atom. The zero-order chi connectivity index (χ0) is 16.9. The number of piperazine rings is 1. The van der Waals surface area contributed by atoms with E-state index in [4.69, 9.17) is 0 Å². The molecule has 5 nitrogen and oxygen atoms in total. The van der Waals surface area contributed by atoms with Crippen molar-refractivity contribution in [1.29, 1.82) is 0 Å². The molecule has 0 aromatic rings. The highest BCUT2D eigenvalue weighted by atomic mass is 16.2. The summed E-state index contributed by atoms with van der Waals surface area (Å²) < 4.78 is 0. The molecule has 1 heterocycles. The smallest absolute Gasteiger partial charge is 0.314 e. The van der Waals surface area contributed by atoms with Crippen molar-refractivity contribution in [3.8, 4) is 0 Å². The molecular weight excluding hydrogens is 288 g/mol. The van der Waals surface area contributed by atoms with Gasteiger partial charge in [0.1, 0.15) is 0 Å². The molecule has 0 aromatic carbocycles. The third-order valence-electron chi connectivity index (χ3n) is 5.61. The number of rotatable bonds is 6. The molecule has 0 radical (unpaired) electrons. The lowest BCUT2D eigenvalue weighted by Crippen LogP contribution is -2.55. The number of carbonyl (C=O) groups is 1. The Labute approximate surface area is 142 Å². The molecule has 2 amide bonds. The highest BCUT2D eigenvalue weighted by Crippen LogP contribution is 2.42. The highest BCUT2D eigenvalue weighted by Gasteiger charge is 2.34. The fourth-order valence-electron chi connectivity index (χ4n) is 4.31. The Bertz CT molecular complexity index is 379. The van der Waals surface area contributed by atoms with Crippen LogP contribution in [0.3, 0.4) is 0 Å². The van der Waals surface area contributed by atoms with E-state index in [2.05, 4.69) is 48.4 Å². The number of hydrogen-bond donors (Lipinski definition) is 2. The highest BCUT2D eigenvalue weighted by molar-refractivity contribution is 5.73. The number of nitrogens with one attached hydrogen (secondary N) is 2. The summed E-state index contributed by atoms with van der Waals surface area (Å²) in [6.45, 7) is 9.33. The minimum absolute atomic E-state index is 0.00153. The van der Waals surface area contributed by atoms with Gasteiger partial charge in [-0.2, -0.15) is 0 Å². The Kier molecular flexibility index (Phi) is 6.72. The van der Waals surface area contributed by atoms with E-state index in [1.54, 1.807) is 0 Å². The van der Waals surface area contributed by atoms with E-state index in [-0.39, 0.29) is 6.03 Å². The van der Waals surface area contributed by atoms with Crippen molar-refractivity contribution in [1.82, 2.24) is 20.4 Å². The Morgan fingerprint density at radius 1 is 1.17 bits per heavy atom. The molecule has 1 atom stereocenters. The van der Waals surface area contributed by atoms with Crippen LogP contribution in [0.15, 0.2) is 0 Å². The van der Waals surface area contributed by atoms with Gasteiger partial charge in [-0.25, -0.2) is 4.79 Å². The average Bonchev–Trinajstić information content (AvgIpc) is 2.94. The zero-order valence-electron chi connectivity index (χ0n) is 15.5. The Morgan fingerprint density at radius 3 is 2.52 bits per heavy atom. The molecule has 0 spiro atoms. The molecule has 2 aliphatic rings. The predicted octanol–water partition coefficient (Wildman–Crippen LogP) is 2.14. The van der Waals surface area contributed by atoms with Crippen LogP contribution < -0.4 is 10.6 Å². The number of nitrogens with zero attached hydrogens (tertiary/aromatic N) is 2. The standard InChI is InChI=1S/C18H36N4O/c1-15(2)11-18(7-5-6-8-18)14-20-17(23)19-12-16-13-21(3)9-10-22(16)4/h15-16H,5-14H2,1-4H3,(H2,19,20,23)/t16-/m1/s1. The summed E-state index contributed by atoms with van der Waals surface area (Å²) >= 11 is 0. The normalized spacial score (nSPS) is 25.7. The lowest BCUT2D eigenvalue weighted by Gasteiger charge is -2.37. The van der Waals surface area contributed by atoms with E-state index < -0.39 is 0 Å². The second-order valence-corrected chi connectivity index (χ2v) is 8.27. The first-order chi connectivity index (χ1) is 10.9. The minimum Gasteiger partial charge on any atom is -0.338 e. The summed E-state index contributed by atoms with van der Waals surface area (Å²) in [5.74, 6) is 0.699. The molecule has 1 saturated carbocycles. The fraction of sp³-hybridized carbons (Fsp3) is 0.944. The summed E-state index contributed by atoms with van der Waals surface area (Å²) in [5, 5.41) is 6.23. The van der Waals surface area contributed by atoms with E-state index in [1.807, 2.05) is 0 Å². The van der Waals surface area contributed by atoms with Crippen LogP contribution in [0.25, 0.3) is 0 Å². The molecule has 2 N–H and O–H groups in total. The number of amides is 2. The van der Waals surface area contributed by atoms with Gasteiger partial charge >= 0.3 is 6.03 Å². The summed E-state index contributed by atoms with van der Waals surface area (Å²) in [6, 6.07) is 0.414. The Hall–Kier alpha value is -0.810. The maximum Gasteiger partial charge on any atom is 0.314 e. The zero-order valence-corrected chi connectivity index (χ0v) is 15.5. The van der Waals surface area contributed by atoms with Gasteiger partial charge in [-0.3, -0.25) is 4.90 Å². The van der Waals surface area contributed by atoms with E-state index in [9.17, 15) is 4.79 Å². The molecule has 0 unspecified atom stereocenters. The van der Waals surface area contributed by atoms with Gasteiger partial charge in [-0.05, 0) is 44.7 Å². The lowest BCUT2D eigenvalue weighted by atomic mass is 9.78. The third kappa shape index (κ3) is 5.64. The van der Waals surface area contributed by atoms with Crippen molar-refractivity contribution in [2.45, 2.75) is 52.0 Å². The number of likely N-dealkylation sites (N-methyl/N-ethyl adjacent to an activating group) is 2. The van der Waals surface area contributed by atoms with Crippen LogP contribution in [-0.2, 0) is 0 Å². The summed E-state index contributed by atoms with van der Waals surface area (Å²) in [4.78, 5) is 16.9. The molecular formula is C18H36N4O. The SMILES string of the molecule is CC(C)CC1(CNC(=O)NC[C@@H]2CN(C)CCN2C)CCCC1. The molecule has 5 heteroatoms. The van der Waals surface area contributed by atoms with E-state index in [0.717, 1.165) is 32.7 Å². The van der Waals surface area contributed by atoms with Crippen molar-refractivity contribution >= 4 is 6.03 Å². The topological polar surface area (TPSA) is 47.6 Å². The average molecular weight is 325 g/mol. The van der Waals surface area contributed by atoms with Crippen molar-refractivity contribution in [2.75, 3.05) is 46.8 Å². The van der Waals surface area contributed by atoms with Gasteiger partial charge in [0.05, 0.1) is 0 Å². The van der Waals surface area contributed by atoms with Gasteiger partial charge in [0.2, 0.25) is 0 Å². The molecule has 1 aliphatic carbocycles. The monoisotopic (exact) mass is 324 g/mol. The molecule has 0 aromatic heterocycles. The maximum absolute atomic E-state index is 12.2. The van der Waals surface area contributed by atoms with Crippen LogP contribution in [-0.4, -0.2) is 68.7 Å². The van der Waals surface area contributed by atoms with Crippen molar-refractivity contribution in [3.63, 3.8) is 0 Å². The number of hydrogen-bond acceptors (Lipinski definition) is 3. The largest absolute Gasteiger partial charge is 0.338 e. The third-order valence-corrected chi connectivity index (χ3v) is 5.61. The van der Waals surface area contributed by atoms with E-state index >= 15 is 0 Å². The van der Waals surface area contributed by atoms with Crippen molar-refractivity contribution < 1.29 is 4.79 Å². The van der Waals surface area contributed by atoms with Gasteiger partial charge in [0, 0.05) is 38.8 Å². The van der Waals surface area contributed by atoms with E-state index in [1.165, 1.54) is 32.1 Å². The first-order valence-electron chi connectivity index (χ1n) is 9.31. The fourth-order valence-corrected chi connectivity index (χ4v) is 4.31. The van der Waals surface area contributed by atoms with Crippen molar-refractivity contribution in [3.05, 3.63) is 0 Å². The first kappa shape index (κ1) is 18.5. The maximum atomic E-state index is 12.2. The first-order valence-corrected chi connectivity index (χ1v) is 9.31. The summed E-state index contributed by atoms with van der Waals surface area (Å²) in [6.07, 6.45) is 6.39. The van der Waals surface area contributed by atoms with Gasteiger partial charge in [-0.1, -0.05) is 26.7 Å². The minimum atomic E-state index is 0.00153. The number of carbonyl (C=O) groups excluding carboxylic acids is 1. The summed E-state index contributed by atoms with van der Waals surface area (Å²) in [7, 11) is 4.29. The van der Waals surface area contributed by atoms with Gasteiger partial charge in [0.15, 0.2) is 0 Å². The van der Waals surface area contributed by atoms with Crippen LogP contribution >= 0.6 is 0 Å². The van der Waals surface area contributed by atoms with Crippen LogP contribution in [0.1, 0.15) is 46.0 Å². The predicted molar refractivity (Wildman–Crippen MR) is 95.7 cm³/mol. The van der Waals surface area contributed by atoms with Crippen molar-refractivity contribution in [2.24, 2.45) is 11.3 Å². The quantitative estimate of drug-likeness (QED) is 0.787. The van der Waals surface area contributed by atoms with E-state index in [0.29, 0.717) is 17.4 Å². The second-order valence-electron chi connectivity index (χ2n) is 8.27. The lowest BCUT2D eigenvalue weighted by molar-refractivity contribution is 0.114. The summed E-state index contributed by atoms with van der Waals surface area (Å²) in [5.41, 5.74) is 0.341. The molecule has 1 aliphatic heterocycles. The van der Waals surface area contributed by atoms with Gasteiger partial charge in [0.25, 0.3) is 0 Å². The molecule has 2 fully saturated rings. The van der Waals surface area contributed by atoms with Crippen LogP contribution in [0.4, 0.5) is 4.79 Å². The molecule has 0 bridgehead atoms. The van der Waals surface area contributed by atoms with Gasteiger partial charge < -0.3 is 15.5 Å². The van der Waals surface area contributed by atoms with Crippen LogP contribution in [0.5, 0.6) is 0 Å². The number of urea groups is 1. The second kappa shape index (κ2) is 8.34. The van der Waals surface area contributed by atoms with Gasteiger partial charge in [-0.15, -0.1) is 0 Å².